The zero-order valence-corrected chi connectivity index (χ0v) is 12.9. The first-order chi connectivity index (χ1) is 9.21. The van der Waals surface area contributed by atoms with Crippen LogP contribution < -0.4 is 10.1 Å². The quantitative estimate of drug-likeness (QED) is 0.868. The molecule has 0 radical (unpaired) electrons. The van der Waals surface area contributed by atoms with E-state index in [1.807, 2.05) is 19.1 Å². The van der Waals surface area contributed by atoms with Gasteiger partial charge in [-0.1, -0.05) is 6.92 Å². The zero-order chi connectivity index (χ0) is 13.7. The van der Waals surface area contributed by atoms with Crippen molar-refractivity contribution < 1.29 is 4.74 Å². The molecule has 0 spiro atoms. The second-order valence-corrected chi connectivity index (χ2v) is 6.69. The van der Waals surface area contributed by atoms with Crippen LogP contribution in [0.15, 0.2) is 12.1 Å². The van der Waals surface area contributed by atoms with Gasteiger partial charge in [0.25, 0.3) is 0 Å². The molecule has 1 saturated carbocycles. The molecule has 0 saturated heterocycles. The summed E-state index contributed by atoms with van der Waals surface area (Å²) in [6.07, 6.45) is 3.93. The molecular weight excluding hydrogens is 256 g/mol. The van der Waals surface area contributed by atoms with Gasteiger partial charge in [-0.15, -0.1) is 0 Å². The van der Waals surface area contributed by atoms with Gasteiger partial charge in [-0.2, -0.15) is 11.8 Å². The van der Waals surface area contributed by atoms with Crippen LogP contribution in [0.5, 0.6) is 5.75 Å². The molecule has 1 heterocycles. The molecule has 4 heteroatoms. The first-order valence-electron chi connectivity index (χ1n) is 7.07. The maximum Gasteiger partial charge on any atom is 0.122 e. The van der Waals surface area contributed by atoms with E-state index >= 15 is 0 Å². The Labute approximate surface area is 120 Å². The molecule has 1 aliphatic rings. The molecule has 1 aromatic rings. The van der Waals surface area contributed by atoms with Crippen LogP contribution in [0.3, 0.4) is 0 Å². The van der Waals surface area contributed by atoms with E-state index in [1.54, 1.807) is 7.11 Å². The highest BCUT2D eigenvalue weighted by Crippen LogP contribution is 2.29. The SMILES string of the molecule is CCSC1CCC(NCc2cc(OC)cc(C)n2)C1. The maximum atomic E-state index is 5.29. The van der Waals surface area contributed by atoms with Crippen LogP contribution >= 0.6 is 11.8 Å². The molecule has 0 aliphatic heterocycles. The van der Waals surface area contributed by atoms with Gasteiger partial charge in [-0.25, -0.2) is 0 Å². The van der Waals surface area contributed by atoms with Crippen LogP contribution in [0.25, 0.3) is 0 Å². The summed E-state index contributed by atoms with van der Waals surface area (Å²) in [5, 5.41) is 4.48. The Morgan fingerprint density at radius 2 is 2.26 bits per heavy atom. The summed E-state index contributed by atoms with van der Waals surface area (Å²) < 4.78 is 5.29. The molecule has 1 N–H and O–H groups in total. The van der Waals surface area contributed by atoms with Crippen LogP contribution in [0.4, 0.5) is 0 Å². The molecule has 0 aromatic carbocycles. The van der Waals surface area contributed by atoms with Crippen LogP contribution in [0.2, 0.25) is 0 Å². The lowest BCUT2D eigenvalue weighted by Gasteiger charge is -2.13. The molecule has 1 fully saturated rings. The van der Waals surface area contributed by atoms with Crippen LogP contribution in [-0.4, -0.2) is 29.1 Å². The highest BCUT2D eigenvalue weighted by atomic mass is 32.2. The van der Waals surface area contributed by atoms with Gasteiger partial charge in [0.1, 0.15) is 5.75 Å². The zero-order valence-electron chi connectivity index (χ0n) is 12.1. The van der Waals surface area contributed by atoms with Gasteiger partial charge < -0.3 is 10.1 Å². The molecule has 1 aliphatic carbocycles. The lowest BCUT2D eigenvalue weighted by atomic mass is 10.2. The number of thioether (sulfide) groups is 1. The standard InChI is InChI=1S/C15H24N2OS/c1-4-19-15-6-5-12(9-15)16-10-13-8-14(18-3)7-11(2)17-13/h7-8,12,15-16H,4-6,9-10H2,1-3H3. The molecule has 19 heavy (non-hydrogen) atoms. The third-order valence-electron chi connectivity index (χ3n) is 3.57. The van der Waals surface area contributed by atoms with Crippen molar-refractivity contribution in [1.29, 1.82) is 0 Å². The van der Waals surface area contributed by atoms with Crippen molar-refractivity contribution in [2.75, 3.05) is 12.9 Å². The molecule has 3 nitrogen and oxygen atoms in total. The normalized spacial score (nSPS) is 22.7. The Kier molecular flexibility index (Phi) is 5.52. The summed E-state index contributed by atoms with van der Waals surface area (Å²) in [6, 6.07) is 4.64. The Hall–Kier alpha value is -0.740. The fraction of sp³-hybridized carbons (Fsp3) is 0.667. The second-order valence-electron chi connectivity index (χ2n) is 5.11. The van der Waals surface area contributed by atoms with E-state index in [2.05, 4.69) is 29.0 Å². The summed E-state index contributed by atoms with van der Waals surface area (Å²) in [7, 11) is 1.70. The van der Waals surface area contributed by atoms with E-state index in [9.17, 15) is 0 Å². The Morgan fingerprint density at radius 3 is 3.00 bits per heavy atom. The van der Waals surface area contributed by atoms with Gasteiger partial charge in [-0.3, -0.25) is 4.98 Å². The van der Waals surface area contributed by atoms with Gasteiger partial charge in [0.15, 0.2) is 0 Å². The van der Waals surface area contributed by atoms with Crippen molar-refractivity contribution in [3.05, 3.63) is 23.5 Å². The van der Waals surface area contributed by atoms with Crippen LogP contribution in [0.1, 0.15) is 37.6 Å². The van der Waals surface area contributed by atoms with Gasteiger partial charge in [0.2, 0.25) is 0 Å². The van der Waals surface area contributed by atoms with E-state index in [0.29, 0.717) is 6.04 Å². The summed E-state index contributed by atoms with van der Waals surface area (Å²) in [6.45, 7) is 5.09. The predicted molar refractivity (Wildman–Crippen MR) is 81.9 cm³/mol. The number of nitrogens with one attached hydrogen (secondary N) is 1. The first-order valence-corrected chi connectivity index (χ1v) is 8.12. The molecule has 1 aromatic heterocycles. The van der Waals surface area contributed by atoms with Gasteiger partial charge in [0, 0.05) is 35.7 Å². The van der Waals surface area contributed by atoms with Crippen molar-refractivity contribution in [1.82, 2.24) is 10.3 Å². The summed E-state index contributed by atoms with van der Waals surface area (Å²) in [5.41, 5.74) is 2.09. The number of hydrogen-bond donors (Lipinski definition) is 1. The maximum absolute atomic E-state index is 5.29. The number of rotatable bonds is 6. The molecule has 2 unspecified atom stereocenters. The van der Waals surface area contributed by atoms with E-state index in [-0.39, 0.29) is 0 Å². The summed E-state index contributed by atoms with van der Waals surface area (Å²) in [5.74, 6) is 2.13. The molecule has 2 rings (SSSR count). The molecular formula is C15H24N2OS. The lowest BCUT2D eigenvalue weighted by Crippen LogP contribution is -2.26. The molecule has 2 atom stereocenters. The topological polar surface area (TPSA) is 34.1 Å². The van der Waals surface area contributed by atoms with Crippen molar-refractivity contribution in [3.63, 3.8) is 0 Å². The van der Waals surface area contributed by atoms with Crippen molar-refractivity contribution in [2.24, 2.45) is 0 Å². The highest BCUT2D eigenvalue weighted by molar-refractivity contribution is 7.99. The molecule has 0 amide bonds. The summed E-state index contributed by atoms with van der Waals surface area (Å²) >= 11 is 2.10. The third kappa shape index (κ3) is 4.39. The number of hydrogen-bond acceptors (Lipinski definition) is 4. The van der Waals surface area contributed by atoms with E-state index in [1.165, 1.54) is 25.0 Å². The number of aromatic nitrogens is 1. The van der Waals surface area contributed by atoms with Gasteiger partial charge >= 0.3 is 0 Å². The average molecular weight is 280 g/mol. The van der Waals surface area contributed by atoms with Crippen LogP contribution in [0, 0.1) is 6.92 Å². The van der Waals surface area contributed by atoms with Gasteiger partial charge in [-0.05, 0) is 31.9 Å². The van der Waals surface area contributed by atoms with Crippen LogP contribution in [-0.2, 0) is 6.54 Å². The minimum absolute atomic E-state index is 0.650. The van der Waals surface area contributed by atoms with E-state index < -0.39 is 0 Å². The molecule has 0 bridgehead atoms. The monoisotopic (exact) mass is 280 g/mol. The van der Waals surface area contributed by atoms with Gasteiger partial charge in [0.05, 0.1) is 12.8 Å². The Morgan fingerprint density at radius 1 is 1.42 bits per heavy atom. The fourth-order valence-corrected chi connectivity index (χ4v) is 3.82. The highest BCUT2D eigenvalue weighted by Gasteiger charge is 2.23. The van der Waals surface area contributed by atoms with E-state index in [0.717, 1.165) is 28.9 Å². The fourth-order valence-electron chi connectivity index (χ4n) is 2.67. The molecule has 106 valence electrons. The van der Waals surface area contributed by atoms with E-state index in [4.69, 9.17) is 4.74 Å². The number of aryl methyl sites for hydroxylation is 1. The predicted octanol–water partition coefficient (Wildman–Crippen LogP) is 3.16. The number of nitrogens with zero attached hydrogens (tertiary/aromatic N) is 1. The largest absolute Gasteiger partial charge is 0.497 e. The summed E-state index contributed by atoms with van der Waals surface area (Å²) in [4.78, 5) is 4.55. The number of ether oxygens (including phenoxy) is 1. The lowest BCUT2D eigenvalue weighted by molar-refractivity contribution is 0.412. The number of methoxy groups -OCH3 is 1. The minimum Gasteiger partial charge on any atom is -0.497 e. The van der Waals surface area contributed by atoms with Crippen molar-refractivity contribution in [2.45, 2.75) is 50.9 Å². The Balaban J connectivity index is 1.84. The third-order valence-corrected chi connectivity index (χ3v) is 4.81. The smallest absolute Gasteiger partial charge is 0.122 e. The first kappa shape index (κ1) is 14.7. The number of pyridine rings is 1. The second kappa shape index (κ2) is 7.15. The average Bonchev–Trinajstić information content (AvgIpc) is 2.84. The van der Waals surface area contributed by atoms with Crippen molar-refractivity contribution >= 4 is 11.8 Å². The Bertz CT molecular complexity index is 411. The van der Waals surface area contributed by atoms with Crippen molar-refractivity contribution in [3.8, 4) is 5.75 Å². The minimum atomic E-state index is 0.650.